The molecule has 86 valence electrons. The van der Waals surface area contributed by atoms with Crippen molar-refractivity contribution in [2.75, 3.05) is 0 Å². The molecule has 1 unspecified atom stereocenters. The molecule has 15 heavy (non-hydrogen) atoms. The summed E-state index contributed by atoms with van der Waals surface area (Å²) >= 11 is 0. The van der Waals surface area contributed by atoms with Crippen molar-refractivity contribution < 1.29 is 17.6 Å². The van der Waals surface area contributed by atoms with Gasteiger partial charge in [0, 0.05) is 18.0 Å². The zero-order valence-corrected chi connectivity index (χ0v) is 8.47. The molecule has 5 heteroatoms. The first-order valence-electron chi connectivity index (χ1n) is 4.76. The van der Waals surface area contributed by atoms with E-state index in [-0.39, 0.29) is 12.5 Å². The van der Waals surface area contributed by atoms with Crippen LogP contribution in [0.1, 0.15) is 36.6 Å². The summed E-state index contributed by atoms with van der Waals surface area (Å²) in [5, 5.41) is 0. The summed E-state index contributed by atoms with van der Waals surface area (Å²) in [4.78, 5) is 0. The first kappa shape index (κ1) is 12.1. The van der Waals surface area contributed by atoms with Crippen LogP contribution in [0.2, 0.25) is 0 Å². The van der Waals surface area contributed by atoms with Gasteiger partial charge in [-0.05, 0) is 25.8 Å². The molecule has 0 aliphatic carbocycles. The molecule has 0 aromatic carbocycles. The Bertz CT molecular complexity index is 306. The van der Waals surface area contributed by atoms with E-state index in [0.29, 0.717) is 6.42 Å². The second kappa shape index (κ2) is 4.70. The van der Waals surface area contributed by atoms with E-state index in [1.165, 1.54) is 6.26 Å². The molecule has 1 aromatic heterocycles. The van der Waals surface area contributed by atoms with Crippen molar-refractivity contribution in [1.82, 2.24) is 0 Å². The van der Waals surface area contributed by atoms with E-state index < -0.39 is 12.6 Å². The molecule has 1 heterocycles. The number of hydrogen-bond donors (Lipinski definition) is 1. The number of hydrogen-bond acceptors (Lipinski definition) is 2. The molecule has 0 amide bonds. The maximum atomic E-state index is 11.9. The van der Waals surface area contributed by atoms with Gasteiger partial charge >= 0.3 is 6.18 Å². The first-order chi connectivity index (χ1) is 6.88. The molecule has 0 aliphatic rings. The largest absolute Gasteiger partial charge is 0.469 e. The van der Waals surface area contributed by atoms with E-state index in [4.69, 9.17) is 10.2 Å². The van der Waals surface area contributed by atoms with Crippen molar-refractivity contribution in [3.8, 4) is 0 Å². The third-order valence-corrected chi connectivity index (χ3v) is 2.15. The molecule has 1 aromatic rings. The van der Waals surface area contributed by atoms with Gasteiger partial charge in [-0.1, -0.05) is 0 Å². The highest BCUT2D eigenvalue weighted by molar-refractivity contribution is 5.15. The number of furan rings is 1. The Morgan fingerprint density at radius 3 is 2.60 bits per heavy atom. The number of alkyl halides is 3. The summed E-state index contributed by atoms with van der Waals surface area (Å²) in [5.74, 6) is 0.719. The van der Waals surface area contributed by atoms with Gasteiger partial charge in [0.05, 0.1) is 6.26 Å². The van der Waals surface area contributed by atoms with Crippen molar-refractivity contribution >= 4 is 0 Å². The summed E-state index contributed by atoms with van der Waals surface area (Å²) in [5.41, 5.74) is 6.47. The van der Waals surface area contributed by atoms with Crippen molar-refractivity contribution in [3.05, 3.63) is 23.7 Å². The van der Waals surface area contributed by atoms with Gasteiger partial charge < -0.3 is 10.2 Å². The molecule has 2 N–H and O–H groups in total. The van der Waals surface area contributed by atoms with E-state index in [1.54, 1.807) is 13.0 Å². The maximum Gasteiger partial charge on any atom is 0.389 e. The lowest BCUT2D eigenvalue weighted by atomic mass is 10.0. The fourth-order valence-electron chi connectivity index (χ4n) is 1.35. The molecular weight excluding hydrogens is 207 g/mol. The SMILES string of the molecule is Cc1cc(C(N)CCCC(F)(F)F)co1. The van der Waals surface area contributed by atoms with Gasteiger partial charge in [0.15, 0.2) is 0 Å². The number of nitrogens with two attached hydrogens (primary N) is 1. The summed E-state index contributed by atoms with van der Waals surface area (Å²) in [6.45, 7) is 1.77. The van der Waals surface area contributed by atoms with Crippen LogP contribution in [-0.4, -0.2) is 6.18 Å². The molecule has 0 spiro atoms. The lowest BCUT2D eigenvalue weighted by Gasteiger charge is -2.10. The van der Waals surface area contributed by atoms with Gasteiger partial charge in [-0.2, -0.15) is 13.2 Å². The molecule has 0 fully saturated rings. The summed E-state index contributed by atoms with van der Waals surface area (Å²) in [7, 11) is 0. The number of halogens is 3. The predicted molar refractivity (Wildman–Crippen MR) is 50.3 cm³/mol. The Kier molecular flexibility index (Phi) is 3.79. The van der Waals surface area contributed by atoms with Crippen molar-refractivity contribution in [2.45, 2.75) is 38.4 Å². The minimum Gasteiger partial charge on any atom is -0.469 e. The fourth-order valence-corrected chi connectivity index (χ4v) is 1.35. The van der Waals surface area contributed by atoms with Gasteiger partial charge in [0.25, 0.3) is 0 Å². The summed E-state index contributed by atoms with van der Waals surface area (Å²) < 4.78 is 40.6. The van der Waals surface area contributed by atoms with Gasteiger partial charge in [-0.3, -0.25) is 0 Å². The van der Waals surface area contributed by atoms with Crippen LogP contribution >= 0.6 is 0 Å². The zero-order valence-electron chi connectivity index (χ0n) is 8.47. The van der Waals surface area contributed by atoms with Gasteiger partial charge in [-0.15, -0.1) is 0 Å². The number of aryl methyl sites for hydroxylation is 1. The Balaban J connectivity index is 2.34. The topological polar surface area (TPSA) is 39.2 Å². The van der Waals surface area contributed by atoms with E-state index in [0.717, 1.165) is 11.3 Å². The average molecular weight is 221 g/mol. The average Bonchev–Trinajstić information content (AvgIpc) is 2.49. The molecule has 0 aliphatic heterocycles. The van der Waals surface area contributed by atoms with E-state index in [9.17, 15) is 13.2 Å². The Morgan fingerprint density at radius 1 is 1.47 bits per heavy atom. The zero-order chi connectivity index (χ0) is 11.5. The normalized spacial score (nSPS) is 14.2. The van der Waals surface area contributed by atoms with Gasteiger partial charge in [0.1, 0.15) is 5.76 Å². The van der Waals surface area contributed by atoms with Gasteiger partial charge in [0.2, 0.25) is 0 Å². The van der Waals surface area contributed by atoms with Crippen LogP contribution in [0.25, 0.3) is 0 Å². The smallest absolute Gasteiger partial charge is 0.389 e. The summed E-state index contributed by atoms with van der Waals surface area (Å²) in [6.07, 6.45) is -3.01. The lowest BCUT2D eigenvalue weighted by Crippen LogP contribution is -2.12. The summed E-state index contributed by atoms with van der Waals surface area (Å²) in [6, 6.07) is 1.38. The third kappa shape index (κ3) is 4.38. The minimum atomic E-state index is -4.09. The second-order valence-electron chi connectivity index (χ2n) is 3.60. The Hall–Kier alpha value is -0.970. The van der Waals surface area contributed by atoms with Crippen LogP contribution in [0, 0.1) is 6.92 Å². The predicted octanol–water partition coefficient (Wildman–Crippen LogP) is 3.32. The van der Waals surface area contributed by atoms with Crippen LogP contribution in [0.15, 0.2) is 16.7 Å². The Labute approximate surface area is 86.3 Å². The molecule has 0 saturated heterocycles. The molecule has 0 radical (unpaired) electrons. The van der Waals surface area contributed by atoms with Crippen LogP contribution < -0.4 is 5.73 Å². The third-order valence-electron chi connectivity index (χ3n) is 2.15. The molecule has 0 bridgehead atoms. The quantitative estimate of drug-likeness (QED) is 0.847. The molecule has 1 atom stereocenters. The molecule has 2 nitrogen and oxygen atoms in total. The van der Waals surface area contributed by atoms with Crippen LogP contribution in [0.3, 0.4) is 0 Å². The minimum absolute atomic E-state index is 0.0505. The monoisotopic (exact) mass is 221 g/mol. The highest BCUT2D eigenvalue weighted by Crippen LogP contribution is 2.25. The van der Waals surface area contributed by atoms with Crippen LogP contribution in [0.5, 0.6) is 0 Å². The Morgan fingerprint density at radius 2 is 2.13 bits per heavy atom. The van der Waals surface area contributed by atoms with E-state index in [2.05, 4.69) is 0 Å². The maximum absolute atomic E-state index is 11.9. The highest BCUT2D eigenvalue weighted by atomic mass is 19.4. The molecule has 0 saturated carbocycles. The van der Waals surface area contributed by atoms with Crippen LogP contribution in [-0.2, 0) is 0 Å². The van der Waals surface area contributed by atoms with Crippen molar-refractivity contribution in [3.63, 3.8) is 0 Å². The van der Waals surface area contributed by atoms with Crippen LogP contribution in [0.4, 0.5) is 13.2 Å². The standard InChI is InChI=1S/C10H14F3NO/c1-7-5-8(6-15-7)9(14)3-2-4-10(11,12)13/h5-6,9H,2-4,14H2,1H3. The second-order valence-corrected chi connectivity index (χ2v) is 3.60. The number of rotatable bonds is 4. The van der Waals surface area contributed by atoms with Crippen molar-refractivity contribution in [2.24, 2.45) is 5.73 Å². The van der Waals surface area contributed by atoms with E-state index in [1.807, 2.05) is 0 Å². The highest BCUT2D eigenvalue weighted by Gasteiger charge is 2.26. The molecular formula is C10H14F3NO. The van der Waals surface area contributed by atoms with E-state index >= 15 is 0 Å². The first-order valence-corrected chi connectivity index (χ1v) is 4.76. The van der Waals surface area contributed by atoms with Crippen molar-refractivity contribution in [1.29, 1.82) is 0 Å². The fraction of sp³-hybridized carbons (Fsp3) is 0.600. The van der Waals surface area contributed by atoms with Gasteiger partial charge in [-0.25, -0.2) is 0 Å². The lowest BCUT2D eigenvalue weighted by molar-refractivity contribution is -0.135. The molecule has 1 rings (SSSR count).